The summed E-state index contributed by atoms with van der Waals surface area (Å²) in [5.41, 5.74) is 6.80. The third-order valence-corrected chi connectivity index (χ3v) is 3.06. The molecule has 1 saturated heterocycles. The second-order valence-corrected chi connectivity index (χ2v) is 4.17. The minimum absolute atomic E-state index is 0.628. The molecule has 0 bridgehead atoms. The first-order chi connectivity index (χ1) is 6.66. The molecule has 0 radical (unpaired) electrons. The van der Waals surface area contributed by atoms with Gasteiger partial charge < -0.3 is 10.6 Å². The van der Waals surface area contributed by atoms with E-state index in [1.54, 1.807) is 0 Å². The van der Waals surface area contributed by atoms with E-state index in [9.17, 15) is 0 Å². The van der Waals surface area contributed by atoms with Gasteiger partial charge in [-0.15, -0.1) is 0 Å². The Hall–Kier alpha value is -1.03. The zero-order valence-electron chi connectivity index (χ0n) is 8.90. The molecular formula is C10H18N4. The molecule has 0 aliphatic carbocycles. The first kappa shape index (κ1) is 9.52. The van der Waals surface area contributed by atoms with Crippen molar-refractivity contribution in [2.45, 2.75) is 32.4 Å². The van der Waals surface area contributed by atoms with Crippen LogP contribution in [-0.4, -0.2) is 34.3 Å². The Bertz CT molecular complexity index is 318. The zero-order valence-corrected chi connectivity index (χ0v) is 8.90. The van der Waals surface area contributed by atoms with Crippen molar-refractivity contribution in [3.8, 4) is 0 Å². The van der Waals surface area contributed by atoms with Gasteiger partial charge in [0.1, 0.15) is 5.82 Å². The van der Waals surface area contributed by atoms with Gasteiger partial charge in [-0.05, 0) is 33.4 Å². The molecule has 0 spiro atoms. The Balaban J connectivity index is 2.06. The normalized spacial score (nSPS) is 23.1. The molecule has 1 unspecified atom stereocenters. The second-order valence-electron chi connectivity index (χ2n) is 4.17. The molecule has 14 heavy (non-hydrogen) atoms. The highest BCUT2D eigenvalue weighted by Gasteiger charge is 2.21. The van der Waals surface area contributed by atoms with E-state index in [1.807, 2.05) is 10.7 Å². The maximum atomic E-state index is 5.64. The molecule has 2 rings (SSSR count). The third-order valence-electron chi connectivity index (χ3n) is 3.06. The van der Waals surface area contributed by atoms with Crippen LogP contribution >= 0.6 is 0 Å². The van der Waals surface area contributed by atoms with Crippen molar-refractivity contribution in [2.75, 3.05) is 19.3 Å². The van der Waals surface area contributed by atoms with Gasteiger partial charge in [0.05, 0.1) is 6.54 Å². The van der Waals surface area contributed by atoms with Crippen LogP contribution in [0, 0.1) is 6.92 Å². The molecule has 1 fully saturated rings. The number of aryl methyl sites for hydroxylation is 1. The summed E-state index contributed by atoms with van der Waals surface area (Å²) >= 11 is 0. The predicted molar refractivity (Wildman–Crippen MR) is 57.0 cm³/mol. The van der Waals surface area contributed by atoms with E-state index in [0.29, 0.717) is 11.9 Å². The molecular weight excluding hydrogens is 176 g/mol. The fraction of sp³-hybridized carbons (Fsp3) is 0.700. The highest BCUT2D eigenvalue weighted by atomic mass is 15.3. The number of likely N-dealkylation sites (N-methyl/N-ethyl adjacent to an activating group) is 1. The molecule has 1 aliphatic heterocycles. The number of likely N-dealkylation sites (tertiary alicyclic amines) is 1. The van der Waals surface area contributed by atoms with Gasteiger partial charge in [0.2, 0.25) is 0 Å². The number of anilines is 1. The van der Waals surface area contributed by atoms with Gasteiger partial charge in [0.25, 0.3) is 0 Å². The molecule has 2 heterocycles. The van der Waals surface area contributed by atoms with Crippen LogP contribution in [0.25, 0.3) is 0 Å². The van der Waals surface area contributed by atoms with Crippen LogP contribution < -0.4 is 5.73 Å². The lowest BCUT2D eigenvalue weighted by atomic mass is 10.2. The second kappa shape index (κ2) is 3.61. The molecule has 78 valence electrons. The average Bonchev–Trinajstić information content (AvgIpc) is 2.62. The van der Waals surface area contributed by atoms with Crippen molar-refractivity contribution < 1.29 is 0 Å². The topological polar surface area (TPSA) is 47.1 Å². The van der Waals surface area contributed by atoms with Gasteiger partial charge in [-0.2, -0.15) is 5.10 Å². The van der Waals surface area contributed by atoms with Gasteiger partial charge in [-0.25, -0.2) is 0 Å². The minimum atomic E-state index is 0.628. The number of nitrogens with two attached hydrogens (primary N) is 1. The molecule has 2 N–H and O–H groups in total. The van der Waals surface area contributed by atoms with Crippen LogP contribution in [0.15, 0.2) is 6.07 Å². The molecule has 0 aromatic carbocycles. The maximum absolute atomic E-state index is 5.64. The zero-order chi connectivity index (χ0) is 10.1. The molecule has 1 aromatic rings. The summed E-state index contributed by atoms with van der Waals surface area (Å²) in [5.74, 6) is 0.628. The Morgan fingerprint density at radius 3 is 2.93 bits per heavy atom. The van der Waals surface area contributed by atoms with Crippen molar-refractivity contribution >= 4 is 5.82 Å². The van der Waals surface area contributed by atoms with Crippen molar-refractivity contribution in [3.63, 3.8) is 0 Å². The summed E-state index contributed by atoms with van der Waals surface area (Å²) in [7, 11) is 2.18. The van der Waals surface area contributed by atoms with Crippen LogP contribution in [0.5, 0.6) is 0 Å². The number of hydrogen-bond donors (Lipinski definition) is 1. The van der Waals surface area contributed by atoms with E-state index >= 15 is 0 Å². The van der Waals surface area contributed by atoms with Gasteiger partial charge >= 0.3 is 0 Å². The van der Waals surface area contributed by atoms with Crippen LogP contribution in [0.1, 0.15) is 18.5 Å². The summed E-state index contributed by atoms with van der Waals surface area (Å²) in [6.45, 7) is 4.23. The summed E-state index contributed by atoms with van der Waals surface area (Å²) < 4.78 is 2.02. The Kier molecular flexibility index (Phi) is 2.46. The highest BCUT2D eigenvalue weighted by molar-refractivity contribution is 5.28. The van der Waals surface area contributed by atoms with E-state index in [-0.39, 0.29) is 0 Å². The van der Waals surface area contributed by atoms with Crippen LogP contribution in [0.2, 0.25) is 0 Å². The van der Waals surface area contributed by atoms with Gasteiger partial charge in [0.15, 0.2) is 0 Å². The number of aromatic nitrogens is 2. The number of nitrogens with zero attached hydrogens (tertiary/aromatic N) is 3. The third kappa shape index (κ3) is 1.75. The molecule has 4 heteroatoms. The lowest BCUT2D eigenvalue weighted by Gasteiger charge is -2.19. The molecule has 1 aliphatic rings. The fourth-order valence-electron chi connectivity index (χ4n) is 2.13. The van der Waals surface area contributed by atoms with Crippen molar-refractivity contribution in [3.05, 3.63) is 11.8 Å². The lowest BCUT2D eigenvalue weighted by molar-refractivity contribution is 0.273. The van der Waals surface area contributed by atoms with Gasteiger partial charge in [-0.3, -0.25) is 4.68 Å². The van der Waals surface area contributed by atoms with Crippen molar-refractivity contribution in [2.24, 2.45) is 0 Å². The fourth-order valence-corrected chi connectivity index (χ4v) is 2.13. The van der Waals surface area contributed by atoms with E-state index < -0.39 is 0 Å². The summed E-state index contributed by atoms with van der Waals surface area (Å²) in [6.07, 6.45) is 2.58. The van der Waals surface area contributed by atoms with Crippen molar-refractivity contribution in [1.82, 2.24) is 14.7 Å². The van der Waals surface area contributed by atoms with Crippen LogP contribution in [0.3, 0.4) is 0 Å². The van der Waals surface area contributed by atoms with E-state index in [1.165, 1.54) is 19.4 Å². The number of nitrogen functional groups attached to an aromatic ring is 1. The maximum Gasteiger partial charge on any atom is 0.145 e. The molecule has 1 aromatic heterocycles. The lowest BCUT2D eigenvalue weighted by Crippen LogP contribution is -2.30. The summed E-state index contributed by atoms with van der Waals surface area (Å²) in [6, 6.07) is 2.56. The first-order valence-corrected chi connectivity index (χ1v) is 5.17. The smallest absolute Gasteiger partial charge is 0.145 e. The van der Waals surface area contributed by atoms with E-state index in [0.717, 1.165) is 12.2 Å². The summed E-state index contributed by atoms with van der Waals surface area (Å²) in [4.78, 5) is 2.40. The van der Waals surface area contributed by atoms with Gasteiger partial charge in [-0.1, -0.05) is 0 Å². The quantitative estimate of drug-likeness (QED) is 0.760. The monoisotopic (exact) mass is 194 g/mol. The van der Waals surface area contributed by atoms with Crippen LogP contribution in [-0.2, 0) is 6.54 Å². The van der Waals surface area contributed by atoms with E-state index in [4.69, 9.17) is 5.73 Å². The molecule has 0 saturated carbocycles. The molecule has 0 amide bonds. The largest absolute Gasteiger partial charge is 0.382 e. The average molecular weight is 194 g/mol. The predicted octanol–water partition coefficient (Wildman–Crippen LogP) is 0.868. The summed E-state index contributed by atoms with van der Waals surface area (Å²) in [5, 5.41) is 4.28. The molecule has 4 nitrogen and oxygen atoms in total. The highest BCUT2D eigenvalue weighted by Crippen LogP contribution is 2.17. The molecule has 1 atom stereocenters. The Labute approximate surface area is 84.7 Å². The van der Waals surface area contributed by atoms with Gasteiger partial charge in [0, 0.05) is 17.8 Å². The Morgan fingerprint density at radius 1 is 1.64 bits per heavy atom. The number of rotatable bonds is 2. The SMILES string of the molecule is Cc1cc(N)nn1CC1CCCN1C. The Morgan fingerprint density at radius 2 is 2.43 bits per heavy atom. The number of hydrogen-bond acceptors (Lipinski definition) is 3. The van der Waals surface area contributed by atoms with Crippen LogP contribution in [0.4, 0.5) is 5.82 Å². The van der Waals surface area contributed by atoms with E-state index in [2.05, 4.69) is 24.0 Å². The van der Waals surface area contributed by atoms with Crippen molar-refractivity contribution in [1.29, 1.82) is 0 Å². The standard InChI is InChI=1S/C10H18N4/c1-8-6-10(11)12-14(8)7-9-4-3-5-13(9)2/h6,9H,3-5,7H2,1-2H3,(H2,11,12). The first-order valence-electron chi connectivity index (χ1n) is 5.17. The minimum Gasteiger partial charge on any atom is -0.382 e.